The van der Waals surface area contributed by atoms with Gasteiger partial charge in [0.15, 0.2) is 11.5 Å². The zero-order chi connectivity index (χ0) is 15.4. The lowest BCUT2D eigenvalue weighted by atomic mass is 10.2. The SMILES string of the molecule is COc1cc(C(=O)Nc2nnc(C)s2)ccc1OC(F)F. The van der Waals surface area contributed by atoms with E-state index >= 15 is 0 Å². The smallest absolute Gasteiger partial charge is 0.387 e. The Bertz CT molecular complexity index is 648. The number of amides is 1. The van der Waals surface area contributed by atoms with Crippen LogP contribution in [0.4, 0.5) is 13.9 Å². The Kier molecular flexibility index (Phi) is 4.63. The number of hydrogen-bond acceptors (Lipinski definition) is 6. The van der Waals surface area contributed by atoms with E-state index in [1.54, 1.807) is 6.92 Å². The van der Waals surface area contributed by atoms with Crippen LogP contribution in [0.2, 0.25) is 0 Å². The topological polar surface area (TPSA) is 73.3 Å². The zero-order valence-corrected chi connectivity index (χ0v) is 11.9. The van der Waals surface area contributed by atoms with Gasteiger partial charge in [-0.3, -0.25) is 10.1 Å². The highest BCUT2D eigenvalue weighted by molar-refractivity contribution is 7.15. The van der Waals surface area contributed by atoms with Crippen LogP contribution in [-0.2, 0) is 0 Å². The summed E-state index contributed by atoms with van der Waals surface area (Å²) in [5.41, 5.74) is 0.223. The first kappa shape index (κ1) is 15.1. The molecule has 0 spiro atoms. The van der Waals surface area contributed by atoms with E-state index in [0.717, 1.165) is 0 Å². The van der Waals surface area contributed by atoms with Gasteiger partial charge in [0.2, 0.25) is 5.13 Å². The van der Waals surface area contributed by atoms with Crippen molar-refractivity contribution in [1.29, 1.82) is 0 Å². The quantitative estimate of drug-likeness (QED) is 0.918. The second kappa shape index (κ2) is 6.44. The van der Waals surface area contributed by atoms with E-state index in [0.29, 0.717) is 10.1 Å². The highest BCUT2D eigenvalue weighted by Gasteiger charge is 2.15. The fourth-order valence-electron chi connectivity index (χ4n) is 1.52. The maximum Gasteiger partial charge on any atom is 0.387 e. The van der Waals surface area contributed by atoms with Gasteiger partial charge in [-0.2, -0.15) is 8.78 Å². The number of nitrogens with one attached hydrogen (secondary N) is 1. The monoisotopic (exact) mass is 315 g/mol. The molecule has 0 radical (unpaired) electrons. The van der Waals surface area contributed by atoms with E-state index in [2.05, 4.69) is 20.3 Å². The third kappa shape index (κ3) is 3.85. The number of rotatable bonds is 5. The Hall–Kier alpha value is -2.29. The van der Waals surface area contributed by atoms with Gasteiger partial charge in [-0.15, -0.1) is 10.2 Å². The molecule has 1 aromatic carbocycles. The van der Waals surface area contributed by atoms with Gasteiger partial charge in [0.1, 0.15) is 5.01 Å². The lowest BCUT2D eigenvalue weighted by Crippen LogP contribution is -2.12. The van der Waals surface area contributed by atoms with Gasteiger partial charge in [0.25, 0.3) is 5.91 Å². The van der Waals surface area contributed by atoms with E-state index in [-0.39, 0.29) is 17.1 Å². The molecule has 0 saturated carbocycles. The summed E-state index contributed by atoms with van der Waals surface area (Å²) >= 11 is 1.22. The number of aryl methyl sites for hydroxylation is 1. The van der Waals surface area contributed by atoms with Gasteiger partial charge < -0.3 is 9.47 Å². The lowest BCUT2D eigenvalue weighted by Gasteiger charge is -2.11. The first-order chi connectivity index (χ1) is 9.99. The zero-order valence-electron chi connectivity index (χ0n) is 11.1. The highest BCUT2D eigenvalue weighted by Crippen LogP contribution is 2.29. The molecule has 2 aromatic rings. The molecule has 0 aliphatic heterocycles. The summed E-state index contributed by atoms with van der Waals surface area (Å²) in [6.07, 6.45) is 0. The Morgan fingerprint density at radius 3 is 2.67 bits per heavy atom. The molecular weight excluding hydrogens is 304 g/mol. The second-order valence-electron chi connectivity index (χ2n) is 3.82. The molecule has 9 heteroatoms. The molecule has 0 atom stereocenters. The number of carbonyl (C=O) groups is 1. The number of benzene rings is 1. The van der Waals surface area contributed by atoms with Crippen LogP contribution in [0.15, 0.2) is 18.2 Å². The third-order valence-electron chi connectivity index (χ3n) is 2.39. The van der Waals surface area contributed by atoms with Gasteiger partial charge in [0, 0.05) is 5.56 Å². The van der Waals surface area contributed by atoms with Crippen molar-refractivity contribution in [3.05, 3.63) is 28.8 Å². The van der Waals surface area contributed by atoms with E-state index < -0.39 is 12.5 Å². The van der Waals surface area contributed by atoms with Crippen LogP contribution in [0.25, 0.3) is 0 Å². The number of alkyl halides is 2. The Morgan fingerprint density at radius 2 is 2.10 bits per heavy atom. The van der Waals surface area contributed by atoms with Crippen LogP contribution in [0, 0.1) is 6.92 Å². The number of anilines is 1. The maximum atomic E-state index is 12.2. The van der Waals surface area contributed by atoms with Crippen molar-refractivity contribution in [1.82, 2.24) is 10.2 Å². The first-order valence-corrected chi connectivity index (χ1v) is 6.55. The molecule has 0 unspecified atom stereocenters. The summed E-state index contributed by atoms with van der Waals surface area (Å²) in [5, 5.41) is 11.1. The minimum Gasteiger partial charge on any atom is -0.493 e. The van der Waals surface area contributed by atoms with Crippen molar-refractivity contribution in [2.24, 2.45) is 0 Å². The van der Waals surface area contributed by atoms with Crippen LogP contribution in [0.5, 0.6) is 11.5 Å². The number of halogens is 2. The van der Waals surface area contributed by atoms with Gasteiger partial charge in [-0.1, -0.05) is 11.3 Å². The lowest BCUT2D eigenvalue weighted by molar-refractivity contribution is -0.0512. The summed E-state index contributed by atoms with van der Waals surface area (Å²) in [5.74, 6) is -0.555. The molecule has 1 heterocycles. The summed E-state index contributed by atoms with van der Waals surface area (Å²) in [6.45, 7) is -1.21. The van der Waals surface area contributed by atoms with Crippen molar-refractivity contribution in [3.63, 3.8) is 0 Å². The molecule has 1 amide bonds. The molecule has 1 aromatic heterocycles. The molecule has 21 heavy (non-hydrogen) atoms. The number of methoxy groups -OCH3 is 1. The van der Waals surface area contributed by atoms with Crippen LogP contribution in [0.3, 0.4) is 0 Å². The van der Waals surface area contributed by atoms with Crippen molar-refractivity contribution >= 4 is 22.4 Å². The van der Waals surface area contributed by atoms with Crippen LogP contribution in [0.1, 0.15) is 15.4 Å². The van der Waals surface area contributed by atoms with Gasteiger partial charge >= 0.3 is 6.61 Å². The molecule has 112 valence electrons. The number of hydrogen-bond donors (Lipinski definition) is 1. The molecule has 0 fully saturated rings. The molecule has 2 rings (SSSR count). The minimum absolute atomic E-state index is 0.0383. The predicted molar refractivity (Wildman–Crippen MR) is 72.2 cm³/mol. The highest BCUT2D eigenvalue weighted by atomic mass is 32.1. The average molecular weight is 315 g/mol. The van der Waals surface area contributed by atoms with Crippen LogP contribution in [-0.4, -0.2) is 29.8 Å². The summed E-state index contributed by atoms with van der Waals surface area (Å²) in [4.78, 5) is 12.0. The van der Waals surface area contributed by atoms with Crippen LogP contribution >= 0.6 is 11.3 Å². The minimum atomic E-state index is -2.97. The van der Waals surface area contributed by atoms with Crippen molar-refractivity contribution in [3.8, 4) is 11.5 Å². The molecule has 6 nitrogen and oxygen atoms in total. The summed E-state index contributed by atoms with van der Waals surface area (Å²) in [6, 6.07) is 3.90. The van der Waals surface area contributed by atoms with Gasteiger partial charge in [-0.25, -0.2) is 0 Å². The molecular formula is C12H11F2N3O3S. The molecule has 1 N–H and O–H groups in total. The van der Waals surface area contributed by atoms with E-state index in [1.165, 1.54) is 36.6 Å². The fraction of sp³-hybridized carbons (Fsp3) is 0.250. The standard InChI is InChI=1S/C12H11F2N3O3S/c1-6-16-17-12(21-6)15-10(18)7-3-4-8(20-11(13)14)9(5-7)19-2/h3-5,11H,1-2H3,(H,15,17,18). The Balaban J connectivity index is 2.17. The summed E-state index contributed by atoms with van der Waals surface area (Å²) in [7, 11) is 1.30. The Morgan fingerprint density at radius 1 is 1.33 bits per heavy atom. The van der Waals surface area contributed by atoms with E-state index in [9.17, 15) is 13.6 Å². The van der Waals surface area contributed by atoms with Gasteiger partial charge in [-0.05, 0) is 25.1 Å². The average Bonchev–Trinajstić information content (AvgIpc) is 2.83. The first-order valence-electron chi connectivity index (χ1n) is 5.74. The molecule has 0 saturated heterocycles. The molecule has 0 bridgehead atoms. The fourth-order valence-corrected chi connectivity index (χ4v) is 2.11. The number of aromatic nitrogens is 2. The number of ether oxygens (including phenoxy) is 2. The molecule has 0 aliphatic rings. The van der Waals surface area contributed by atoms with Crippen molar-refractivity contribution in [2.45, 2.75) is 13.5 Å². The maximum absolute atomic E-state index is 12.2. The van der Waals surface area contributed by atoms with Crippen molar-refractivity contribution < 1.29 is 23.0 Å². The summed E-state index contributed by atoms with van der Waals surface area (Å²) < 4.78 is 33.6. The van der Waals surface area contributed by atoms with E-state index in [4.69, 9.17) is 4.74 Å². The second-order valence-corrected chi connectivity index (χ2v) is 5.01. The third-order valence-corrected chi connectivity index (χ3v) is 3.14. The normalized spacial score (nSPS) is 10.5. The largest absolute Gasteiger partial charge is 0.493 e. The van der Waals surface area contributed by atoms with Crippen molar-refractivity contribution in [2.75, 3.05) is 12.4 Å². The predicted octanol–water partition coefficient (Wildman–Crippen LogP) is 2.71. The number of nitrogens with zero attached hydrogens (tertiary/aromatic N) is 2. The van der Waals surface area contributed by atoms with Crippen LogP contribution < -0.4 is 14.8 Å². The van der Waals surface area contributed by atoms with E-state index in [1.807, 2.05) is 0 Å². The number of carbonyl (C=O) groups excluding carboxylic acids is 1. The Labute approximate surface area is 122 Å². The molecule has 0 aliphatic carbocycles. The van der Waals surface area contributed by atoms with Gasteiger partial charge in [0.05, 0.1) is 7.11 Å².